The summed E-state index contributed by atoms with van der Waals surface area (Å²) in [5.41, 5.74) is 0.413. The van der Waals surface area contributed by atoms with Crippen molar-refractivity contribution in [2.75, 3.05) is 19.6 Å². The number of rotatable bonds is 8. The lowest BCUT2D eigenvalue weighted by molar-refractivity contribution is -0.120. The molecule has 0 aliphatic heterocycles. The Bertz CT molecular complexity index is 234. The monoisotopic (exact) mass is 276 g/mol. The number of amides is 1. The van der Waals surface area contributed by atoms with Gasteiger partial charge >= 0.3 is 0 Å². The van der Waals surface area contributed by atoms with Crippen molar-refractivity contribution < 1.29 is 4.79 Å². The van der Waals surface area contributed by atoms with E-state index in [0.29, 0.717) is 12.0 Å². The van der Waals surface area contributed by atoms with Crippen LogP contribution in [0.25, 0.3) is 0 Å². The van der Waals surface area contributed by atoms with E-state index in [1.807, 2.05) is 0 Å². The molecule has 3 nitrogen and oxygen atoms in total. The molecule has 108 valence electrons. The zero-order valence-electron chi connectivity index (χ0n) is 12.1. The van der Waals surface area contributed by atoms with E-state index in [-0.39, 0.29) is 18.3 Å². The number of halogens is 1. The van der Waals surface area contributed by atoms with Gasteiger partial charge in [0.1, 0.15) is 0 Å². The molecule has 0 saturated heterocycles. The molecule has 4 heteroatoms. The average molecular weight is 277 g/mol. The second-order valence-corrected chi connectivity index (χ2v) is 6.44. The Morgan fingerprint density at radius 2 is 1.89 bits per heavy atom. The third-order valence-corrected chi connectivity index (χ3v) is 3.09. The molecule has 0 bridgehead atoms. The highest BCUT2D eigenvalue weighted by molar-refractivity contribution is 5.85. The smallest absolute Gasteiger partial charge is 0.233 e. The summed E-state index contributed by atoms with van der Waals surface area (Å²) in [6.45, 7) is 9.08. The number of carbonyl (C=O) groups excluding carboxylic acids is 1. The molecule has 1 aliphatic rings. The quantitative estimate of drug-likeness (QED) is 0.670. The van der Waals surface area contributed by atoms with Gasteiger partial charge in [-0.3, -0.25) is 4.79 Å². The lowest BCUT2D eigenvalue weighted by Crippen LogP contribution is -2.35. The Hall–Kier alpha value is -0.280. The van der Waals surface area contributed by atoms with E-state index in [9.17, 15) is 4.79 Å². The summed E-state index contributed by atoms with van der Waals surface area (Å²) >= 11 is 0. The Morgan fingerprint density at radius 3 is 2.44 bits per heavy atom. The summed E-state index contributed by atoms with van der Waals surface area (Å²) in [5.74, 6) is 0.982. The molecule has 1 rings (SSSR count). The summed E-state index contributed by atoms with van der Waals surface area (Å²) < 4.78 is 0. The largest absolute Gasteiger partial charge is 0.355 e. The van der Waals surface area contributed by atoms with Crippen LogP contribution in [0.3, 0.4) is 0 Å². The highest BCUT2D eigenvalue weighted by Gasteiger charge is 2.20. The first-order chi connectivity index (χ1) is 7.97. The molecule has 2 N–H and O–H groups in total. The molecule has 1 aliphatic carbocycles. The highest BCUT2D eigenvalue weighted by atomic mass is 35.5. The van der Waals surface area contributed by atoms with Crippen molar-refractivity contribution in [1.82, 2.24) is 10.6 Å². The lowest BCUT2D eigenvalue weighted by atomic mass is 9.90. The van der Waals surface area contributed by atoms with Crippen molar-refractivity contribution in [3.63, 3.8) is 0 Å². The van der Waals surface area contributed by atoms with Crippen LogP contribution in [0.1, 0.15) is 52.9 Å². The number of hydrogen-bond donors (Lipinski definition) is 2. The second-order valence-electron chi connectivity index (χ2n) is 6.44. The van der Waals surface area contributed by atoms with E-state index in [1.165, 1.54) is 25.7 Å². The van der Waals surface area contributed by atoms with Crippen LogP contribution >= 0.6 is 12.4 Å². The van der Waals surface area contributed by atoms with E-state index < -0.39 is 0 Å². The van der Waals surface area contributed by atoms with Crippen molar-refractivity contribution in [1.29, 1.82) is 0 Å². The minimum atomic E-state index is 0. The van der Waals surface area contributed by atoms with E-state index in [0.717, 1.165) is 25.4 Å². The van der Waals surface area contributed by atoms with Gasteiger partial charge in [-0.05, 0) is 43.6 Å². The third kappa shape index (κ3) is 10.8. The fourth-order valence-corrected chi connectivity index (χ4v) is 1.78. The second kappa shape index (κ2) is 8.76. The Kier molecular flexibility index (Phi) is 8.62. The van der Waals surface area contributed by atoms with Gasteiger partial charge in [0.05, 0.1) is 6.54 Å². The van der Waals surface area contributed by atoms with E-state index >= 15 is 0 Å². The van der Waals surface area contributed by atoms with Crippen LogP contribution in [0.15, 0.2) is 0 Å². The fraction of sp³-hybridized carbons (Fsp3) is 0.929. The van der Waals surface area contributed by atoms with Crippen molar-refractivity contribution in [3.05, 3.63) is 0 Å². The molecule has 0 heterocycles. The van der Waals surface area contributed by atoms with Gasteiger partial charge in [0.2, 0.25) is 5.91 Å². The predicted molar refractivity (Wildman–Crippen MR) is 79.2 cm³/mol. The maximum absolute atomic E-state index is 11.4. The summed E-state index contributed by atoms with van der Waals surface area (Å²) in [6, 6.07) is 0. The molecule has 0 unspecified atom stereocenters. The van der Waals surface area contributed by atoms with Crippen molar-refractivity contribution in [2.24, 2.45) is 11.3 Å². The van der Waals surface area contributed by atoms with E-state index in [2.05, 4.69) is 31.4 Å². The number of unbranched alkanes of at least 4 members (excludes halogenated alkanes) is 1. The fourth-order valence-electron chi connectivity index (χ4n) is 1.78. The van der Waals surface area contributed by atoms with Gasteiger partial charge in [-0.2, -0.15) is 0 Å². The van der Waals surface area contributed by atoms with Crippen LogP contribution in [0.5, 0.6) is 0 Å². The van der Waals surface area contributed by atoms with Gasteiger partial charge in [-0.1, -0.05) is 27.2 Å². The first kappa shape index (κ1) is 17.7. The first-order valence-electron chi connectivity index (χ1n) is 6.95. The van der Waals surface area contributed by atoms with Gasteiger partial charge in [-0.25, -0.2) is 0 Å². The van der Waals surface area contributed by atoms with E-state index in [4.69, 9.17) is 0 Å². The van der Waals surface area contributed by atoms with Gasteiger partial charge < -0.3 is 10.6 Å². The summed E-state index contributed by atoms with van der Waals surface area (Å²) in [5, 5.41) is 6.16. The zero-order valence-corrected chi connectivity index (χ0v) is 12.9. The molecule has 1 amide bonds. The molecule has 0 spiro atoms. The van der Waals surface area contributed by atoms with Crippen LogP contribution < -0.4 is 10.6 Å². The minimum Gasteiger partial charge on any atom is -0.355 e. The van der Waals surface area contributed by atoms with Crippen molar-refractivity contribution >= 4 is 18.3 Å². The summed E-state index contributed by atoms with van der Waals surface area (Å²) in [7, 11) is 0. The molecular formula is C14H29ClN2O. The number of hydrogen-bond acceptors (Lipinski definition) is 2. The first-order valence-corrected chi connectivity index (χ1v) is 6.95. The molecule has 1 fully saturated rings. The van der Waals surface area contributed by atoms with Gasteiger partial charge in [0.25, 0.3) is 0 Å². The van der Waals surface area contributed by atoms with Crippen LogP contribution in [-0.2, 0) is 4.79 Å². The summed E-state index contributed by atoms with van der Waals surface area (Å²) in [4.78, 5) is 11.4. The average Bonchev–Trinajstić information content (AvgIpc) is 2.99. The topological polar surface area (TPSA) is 41.1 Å². The number of carbonyl (C=O) groups is 1. The SMILES string of the molecule is CC(C)(C)CCCCNC(=O)CNCC1CC1.Cl. The Labute approximate surface area is 118 Å². The summed E-state index contributed by atoms with van der Waals surface area (Å²) in [6.07, 6.45) is 6.18. The van der Waals surface area contributed by atoms with Crippen LogP contribution in [0, 0.1) is 11.3 Å². The molecule has 1 saturated carbocycles. The lowest BCUT2D eigenvalue weighted by Gasteiger charge is -2.17. The molecule has 18 heavy (non-hydrogen) atoms. The zero-order chi connectivity index (χ0) is 12.7. The van der Waals surface area contributed by atoms with Gasteiger partial charge in [-0.15, -0.1) is 12.4 Å². The minimum absolute atomic E-state index is 0. The van der Waals surface area contributed by atoms with E-state index in [1.54, 1.807) is 0 Å². The molecule has 0 aromatic rings. The third-order valence-electron chi connectivity index (χ3n) is 3.09. The Balaban J connectivity index is 0.00000289. The highest BCUT2D eigenvalue weighted by Crippen LogP contribution is 2.27. The maximum atomic E-state index is 11.4. The van der Waals surface area contributed by atoms with Crippen molar-refractivity contribution in [2.45, 2.75) is 52.9 Å². The van der Waals surface area contributed by atoms with Gasteiger partial charge in [0.15, 0.2) is 0 Å². The molecule has 0 aromatic heterocycles. The normalized spacial score (nSPS) is 15.1. The molecule has 0 atom stereocenters. The van der Waals surface area contributed by atoms with Crippen LogP contribution in [0.4, 0.5) is 0 Å². The maximum Gasteiger partial charge on any atom is 0.233 e. The van der Waals surface area contributed by atoms with Crippen LogP contribution in [-0.4, -0.2) is 25.5 Å². The Morgan fingerprint density at radius 1 is 1.22 bits per heavy atom. The molecule has 0 aromatic carbocycles. The standard InChI is InChI=1S/C14H28N2O.ClH/c1-14(2,3)8-4-5-9-16-13(17)11-15-10-12-6-7-12;/h12,15H,4-11H2,1-3H3,(H,16,17);1H. The molecular weight excluding hydrogens is 248 g/mol. The molecule has 0 radical (unpaired) electrons. The number of nitrogens with one attached hydrogen (secondary N) is 2. The van der Waals surface area contributed by atoms with Crippen LogP contribution in [0.2, 0.25) is 0 Å². The predicted octanol–water partition coefficient (Wildman–Crippen LogP) is 2.74. The van der Waals surface area contributed by atoms with Crippen molar-refractivity contribution in [3.8, 4) is 0 Å². The van der Waals surface area contributed by atoms with Gasteiger partial charge in [0, 0.05) is 6.54 Å².